The fourth-order valence-corrected chi connectivity index (χ4v) is 3.02. The summed E-state index contributed by atoms with van der Waals surface area (Å²) in [6, 6.07) is 7.36. The molecule has 0 aromatic heterocycles. The normalized spacial score (nSPS) is 24.7. The number of carbonyl (C=O) groups is 1. The summed E-state index contributed by atoms with van der Waals surface area (Å²) in [5.41, 5.74) is 1.09. The molecule has 0 fully saturated rings. The predicted molar refractivity (Wildman–Crippen MR) is 57.7 cm³/mol. The molecule has 1 aromatic carbocycles. The van der Waals surface area contributed by atoms with Gasteiger partial charge in [0, 0.05) is 0 Å². The smallest absolute Gasteiger partial charge is 0.255 e. The Hall–Kier alpha value is -1.36. The van der Waals surface area contributed by atoms with Gasteiger partial charge in [-0.1, -0.05) is 19.1 Å². The maximum Gasteiger partial charge on any atom is 0.255 e. The Labute approximate surface area is 89.0 Å². The van der Waals surface area contributed by atoms with Crippen molar-refractivity contribution >= 4 is 15.8 Å². The zero-order chi connectivity index (χ0) is 10.9. The van der Waals surface area contributed by atoms with E-state index in [1.54, 1.807) is 6.07 Å². The molecule has 1 amide bonds. The third-order valence-corrected chi connectivity index (χ3v) is 4.16. The lowest BCUT2D eigenvalue weighted by molar-refractivity contribution is -0.117. The number of benzene rings is 1. The van der Waals surface area contributed by atoms with Crippen molar-refractivity contribution in [1.82, 2.24) is 4.72 Å². The molecule has 0 aliphatic carbocycles. The van der Waals surface area contributed by atoms with Crippen LogP contribution < -0.4 is 4.72 Å². The molecule has 1 aliphatic rings. The van der Waals surface area contributed by atoms with Crippen LogP contribution in [-0.2, 0) is 21.1 Å². The van der Waals surface area contributed by atoms with Crippen molar-refractivity contribution in [2.45, 2.75) is 18.2 Å². The van der Waals surface area contributed by atoms with E-state index in [-0.39, 0.29) is 12.5 Å². The second-order valence-electron chi connectivity index (χ2n) is 3.34. The Morgan fingerprint density at radius 3 is 2.93 bits per heavy atom. The van der Waals surface area contributed by atoms with E-state index in [1.165, 1.54) is 0 Å². The van der Waals surface area contributed by atoms with E-state index in [0.29, 0.717) is 4.90 Å². The molecule has 0 bridgehead atoms. The topological polar surface area (TPSA) is 58.5 Å². The van der Waals surface area contributed by atoms with Gasteiger partial charge in [0.2, 0.25) is 0 Å². The zero-order valence-corrected chi connectivity index (χ0v) is 9.21. The lowest BCUT2D eigenvalue weighted by Crippen LogP contribution is -2.24. The average Bonchev–Trinajstić information content (AvgIpc) is 2.60. The van der Waals surface area contributed by atoms with E-state index in [2.05, 4.69) is 9.08 Å². The summed E-state index contributed by atoms with van der Waals surface area (Å²) < 4.78 is 18.4. The number of nitrogens with one attached hydrogen (secondary N) is 1. The summed E-state index contributed by atoms with van der Waals surface area (Å²) in [5.74, 6) is -0.276. The molecule has 5 heteroatoms. The third-order valence-electron chi connectivity index (χ3n) is 2.27. The van der Waals surface area contributed by atoms with Crippen LogP contribution in [0.2, 0.25) is 0 Å². The number of rotatable bonds is 2. The van der Waals surface area contributed by atoms with Crippen LogP contribution in [0.1, 0.15) is 12.5 Å². The van der Waals surface area contributed by atoms with Crippen molar-refractivity contribution in [3.8, 4) is 0 Å². The largest absolute Gasteiger partial charge is 0.272 e. The predicted octanol–water partition coefficient (Wildman–Crippen LogP) is 1.12. The lowest BCUT2D eigenvalue weighted by Gasteiger charge is -2.06. The Kier molecular flexibility index (Phi) is 2.48. The van der Waals surface area contributed by atoms with Gasteiger partial charge in [0.1, 0.15) is 6.54 Å². The van der Waals surface area contributed by atoms with Crippen LogP contribution in [-0.4, -0.2) is 16.7 Å². The van der Waals surface area contributed by atoms with Crippen LogP contribution in [0, 0.1) is 0 Å². The molecule has 2 rings (SSSR count). The van der Waals surface area contributed by atoms with Gasteiger partial charge in [-0.15, -0.1) is 0 Å². The highest BCUT2D eigenvalue weighted by Crippen LogP contribution is 2.16. The quantitative estimate of drug-likeness (QED) is 0.818. The van der Waals surface area contributed by atoms with E-state index < -0.39 is 9.92 Å². The molecule has 0 saturated heterocycles. The van der Waals surface area contributed by atoms with Crippen molar-refractivity contribution in [3.63, 3.8) is 0 Å². The highest BCUT2D eigenvalue weighted by atomic mass is 32.2. The number of carbonyl (C=O) groups excluding carboxylic acids is 1. The SMILES string of the molecule is CCc1cccc(S2(=O)=NCC(=O)N2)c1. The number of amides is 1. The summed E-state index contributed by atoms with van der Waals surface area (Å²) in [4.78, 5) is 11.6. The van der Waals surface area contributed by atoms with E-state index in [1.807, 2.05) is 25.1 Å². The third kappa shape index (κ3) is 1.87. The van der Waals surface area contributed by atoms with E-state index in [9.17, 15) is 9.00 Å². The maximum atomic E-state index is 12.2. The Balaban J connectivity index is 2.46. The van der Waals surface area contributed by atoms with Crippen LogP contribution >= 0.6 is 0 Å². The fraction of sp³-hybridized carbons (Fsp3) is 0.300. The first kappa shape index (κ1) is 10.2. The maximum absolute atomic E-state index is 12.2. The summed E-state index contributed by atoms with van der Waals surface area (Å²) in [6.45, 7) is 2.02. The van der Waals surface area contributed by atoms with Gasteiger partial charge < -0.3 is 0 Å². The van der Waals surface area contributed by atoms with Gasteiger partial charge in [-0.3, -0.25) is 9.52 Å². The molecule has 15 heavy (non-hydrogen) atoms. The Bertz CT molecular complexity index is 516. The minimum Gasteiger partial charge on any atom is -0.272 e. The molecule has 1 N–H and O–H groups in total. The molecule has 4 nitrogen and oxygen atoms in total. The van der Waals surface area contributed by atoms with Gasteiger partial charge in [-0.25, -0.2) is 8.57 Å². The van der Waals surface area contributed by atoms with Gasteiger partial charge in [0.25, 0.3) is 5.91 Å². The lowest BCUT2D eigenvalue weighted by atomic mass is 10.2. The van der Waals surface area contributed by atoms with Gasteiger partial charge in [-0.2, -0.15) is 0 Å². The van der Waals surface area contributed by atoms with Gasteiger partial charge in [0.05, 0.1) is 4.90 Å². The molecular formula is C10H12N2O2S. The molecule has 0 radical (unpaired) electrons. The molecule has 0 saturated carbocycles. The monoisotopic (exact) mass is 224 g/mol. The highest BCUT2D eigenvalue weighted by Gasteiger charge is 2.21. The molecule has 1 aliphatic heterocycles. The van der Waals surface area contributed by atoms with Crippen LogP contribution in [0.3, 0.4) is 0 Å². The standard InChI is InChI=1S/C10H12N2O2S/c1-2-8-4-3-5-9(6-8)15(14)11-7-10(13)12-15/h3-6H,2,7H2,1H3,(H,11,12,13,14). The summed E-state index contributed by atoms with van der Waals surface area (Å²) >= 11 is 0. The van der Waals surface area contributed by atoms with E-state index in [4.69, 9.17) is 0 Å². The first-order chi connectivity index (χ1) is 7.14. The van der Waals surface area contributed by atoms with Crippen LogP contribution in [0.5, 0.6) is 0 Å². The molecular weight excluding hydrogens is 212 g/mol. The number of nitrogens with zero attached hydrogens (tertiary/aromatic N) is 1. The molecule has 0 spiro atoms. The Morgan fingerprint density at radius 1 is 1.53 bits per heavy atom. The minimum atomic E-state index is -2.69. The van der Waals surface area contributed by atoms with E-state index in [0.717, 1.165) is 12.0 Å². The summed E-state index contributed by atoms with van der Waals surface area (Å²) in [7, 11) is -2.69. The second-order valence-corrected chi connectivity index (χ2v) is 5.32. The van der Waals surface area contributed by atoms with Crippen molar-refractivity contribution in [2.24, 2.45) is 4.36 Å². The number of hydrogen-bond donors (Lipinski definition) is 1. The average molecular weight is 224 g/mol. The van der Waals surface area contributed by atoms with Crippen molar-refractivity contribution in [3.05, 3.63) is 29.8 Å². The van der Waals surface area contributed by atoms with Crippen LogP contribution in [0.4, 0.5) is 0 Å². The second kappa shape index (κ2) is 3.66. The molecule has 1 aromatic rings. The molecule has 80 valence electrons. The first-order valence-electron chi connectivity index (χ1n) is 4.76. The van der Waals surface area contributed by atoms with Crippen LogP contribution in [0.25, 0.3) is 0 Å². The number of hydrogen-bond acceptors (Lipinski definition) is 3. The van der Waals surface area contributed by atoms with Crippen molar-refractivity contribution in [2.75, 3.05) is 6.54 Å². The summed E-state index contributed by atoms with van der Waals surface area (Å²) in [5, 5.41) is 0. The zero-order valence-electron chi connectivity index (χ0n) is 8.40. The molecule has 1 heterocycles. The van der Waals surface area contributed by atoms with Crippen LogP contribution in [0.15, 0.2) is 33.5 Å². The van der Waals surface area contributed by atoms with E-state index >= 15 is 0 Å². The van der Waals surface area contributed by atoms with Crippen molar-refractivity contribution < 1.29 is 9.00 Å². The minimum absolute atomic E-state index is 0.00478. The molecule has 1 atom stereocenters. The number of aryl methyl sites for hydroxylation is 1. The van der Waals surface area contributed by atoms with Gasteiger partial charge in [-0.05, 0) is 24.1 Å². The summed E-state index contributed by atoms with van der Waals surface area (Å²) in [6.07, 6.45) is 0.872. The Morgan fingerprint density at radius 2 is 2.33 bits per heavy atom. The highest BCUT2D eigenvalue weighted by molar-refractivity contribution is 7.92. The van der Waals surface area contributed by atoms with Gasteiger partial charge in [0.15, 0.2) is 9.92 Å². The van der Waals surface area contributed by atoms with Crippen molar-refractivity contribution in [1.29, 1.82) is 0 Å². The van der Waals surface area contributed by atoms with Gasteiger partial charge >= 0.3 is 0 Å². The molecule has 1 unspecified atom stereocenters. The first-order valence-corrected chi connectivity index (χ1v) is 6.28. The fourth-order valence-electron chi connectivity index (χ4n) is 1.44.